The van der Waals surface area contributed by atoms with E-state index in [-0.39, 0.29) is 5.41 Å². The van der Waals surface area contributed by atoms with E-state index in [1.807, 2.05) is 11.3 Å². The highest BCUT2D eigenvalue weighted by molar-refractivity contribution is 7.10. The van der Waals surface area contributed by atoms with Crippen LogP contribution in [0.25, 0.3) is 0 Å². The summed E-state index contributed by atoms with van der Waals surface area (Å²) in [6, 6.07) is 6.98. The van der Waals surface area contributed by atoms with E-state index in [0.717, 1.165) is 6.54 Å². The first kappa shape index (κ1) is 12.8. The van der Waals surface area contributed by atoms with Gasteiger partial charge in [0, 0.05) is 22.9 Å². The second-order valence-corrected chi connectivity index (χ2v) is 6.75. The Labute approximate surface area is 112 Å². The monoisotopic (exact) mass is 265 g/mol. The molecule has 0 amide bonds. The molecule has 0 fully saturated rings. The van der Waals surface area contributed by atoms with Crippen molar-refractivity contribution < 1.29 is 0 Å². The number of nitrogens with one attached hydrogen (secondary N) is 1. The zero-order valence-corrected chi connectivity index (χ0v) is 12.2. The van der Waals surface area contributed by atoms with Gasteiger partial charge in [0.1, 0.15) is 0 Å². The summed E-state index contributed by atoms with van der Waals surface area (Å²) >= 11 is 3.60. The zero-order chi connectivity index (χ0) is 12.3. The average molecular weight is 265 g/mol. The molecule has 17 heavy (non-hydrogen) atoms. The molecule has 1 nitrogen and oxygen atoms in total. The van der Waals surface area contributed by atoms with Crippen molar-refractivity contribution in [1.82, 2.24) is 5.32 Å². The third-order valence-electron chi connectivity index (χ3n) is 3.08. The van der Waals surface area contributed by atoms with Crippen molar-refractivity contribution in [1.29, 1.82) is 0 Å². The van der Waals surface area contributed by atoms with Crippen LogP contribution in [0.3, 0.4) is 0 Å². The van der Waals surface area contributed by atoms with Gasteiger partial charge in [-0.1, -0.05) is 19.9 Å². The fourth-order valence-corrected chi connectivity index (χ4v) is 3.40. The van der Waals surface area contributed by atoms with Gasteiger partial charge in [-0.05, 0) is 40.8 Å². The molecule has 92 valence electrons. The van der Waals surface area contributed by atoms with Gasteiger partial charge in [0.05, 0.1) is 0 Å². The minimum absolute atomic E-state index is 0.207. The van der Waals surface area contributed by atoms with E-state index in [1.165, 1.54) is 10.4 Å². The molecule has 0 aliphatic rings. The smallest absolute Gasteiger partial charge is 0.0300 e. The van der Waals surface area contributed by atoms with Gasteiger partial charge < -0.3 is 5.32 Å². The van der Waals surface area contributed by atoms with Crippen molar-refractivity contribution in [2.24, 2.45) is 0 Å². The predicted molar refractivity (Wildman–Crippen MR) is 78.1 cm³/mol. The van der Waals surface area contributed by atoms with E-state index in [2.05, 4.69) is 60.4 Å². The molecular weight excluding hydrogens is 246 g/mol. The minimum atomic E-state index is 0.207. The Bertz CT molecular complexity index is 429. The van der Waals surface area contributed by atoms with Crippen LogP contribution < -0.4 is 5.32 Å². The number of hydrogen-bond donors (Lipinski definition) is 1. The molecule has 0 radical (unpaired) electrons. The van der Waals surface area contributed by atoms with Crippen LogP contribution in [0, 0.1) is 0 Å². The minimum Gasteiger partial charge on any atom is -0.309 e. The fraction of sp³-hybridized carbons (Fsp3) is 0.429. The summed E-state index contributed by atoms with van der Waals surface area (Å²) in [5, 5.41) is 10.1. The molecule has 1 atom stereocenters. The highest BCUT2D eigenvalue weighted by Crippen LogP contribution is 2.27. The molecule has 0 bridgehead atoms. The average Bonchev–Trinajstić information content (AvgIpc) is 2.97. The molecule has 2 rings (SSSR count). The number of thiophene rings is 2. The first-order chi connectivity index (χ1) is 8.09. The molecule has 1 unspecified atom stereocenters. The normalized spacial score (nSPS) is 13.8. The second-order valence-electron chi connectivity index (χ2n) is 5.02. The van der Waals surface area contributed by atoms with Gasteiger partial charge in [0.2, 0.25) is 0 Å². The SMILES string of the molecule is CC(NCC(C)(C)c1cccs1)c1ccsc1. The summed E-state index contributed by atoms with van der Waals surface area (Å²) in [4.78, 5) is 1.45. The largest absolute Gasteiger partial charge is 0.309 e. The fourth-order valence-electron chi connectivity index (χ4n) is 1.80. The highest BCUT2D eigenvalue weighted by atomic mass is 32.1. The lowest BCUT2D eigenvalue weighted by atomic mass is 9.91. The summed E-state index contributed by atoms with van der Waals surface area (Å²) in [5.74, 6) is 0. The van der Waals surface area contributed by atoms with Gasteiger partial charge in [0.15, 0.2) is 0 Å². The summed E-state index contributed by atoms with van der Waals surface area (Å²) in [6.45, 7) is 7.83. The Morgan fingerprint density at radius 1 is 1.29 bits per heavy atom. The Kier molecular flexibility index (Phi) is 4.02. The van der Waals surface area contributed by atoms with E-state index >= 15 is 0 Å². The molecule has 0 aliphatic heterocycles. The Hall–Kier alpha value is -0.640. The van der Waals surface area contributed by atoms with Crippen LogP contribution in [0.2, 0.25) is 0 Å². The number of hydrogen-bond acceptors (Lipinski definition) is 3. The maximum atomic E-state index is 3.63. The van der Waals surface area contributed by atoms with Crippen molar-refractivity contribution in [3.8, 4) is 0 Å². The van der Waals surface area contributed by atoms with Crippen molar-refractivity contribution in [2.75, 3.05) is 6.54 Å². The maximum absolute atomic E-state index is 3.63. The van der Waals surface area contributed by atoms with Gasteiger partial charge in [0.25, 0.3) is 0 Å². The first-order valence-corrected chi connectivity index (χ1v) is 7.71. The molecule has 0 saturated heterocycles. The molecule has 2 aromatic heterocycles. The van der Waals surface area contributed by atoms with Crippen molar-refractivity contribution >= 4 is 22.7 Å². The lowest BCUT2D eigenvalue weighted by molar-refractivity contribution is 0.442. The molecular formula is C14H19NS2. The molecule has 0 saturated carbocycles. The first-order valence-electron chi connectivity index (χ1n) is 5.89. The van der Waals surface area contributed by atoms with Gasteiger partial charge in [-0.15, -0.1) is 11.3 Å². The third-order valence-corrected chi connectivity index (χ3v) is 5.02. The summed E-state index contributed by atoms with van der Waals surface area (Å²) in [7, 11) is 0. The van der Waals surface area contributed by atoms with Gasteiger partial charge >= 0.3 is 0 Å². The van der Waals surface area contributed by atoms with E-state index in [4.69, 9.17) is 0 Å². The molecule has 0 spiro atoms. The Morgan fingerprint density at radius 2 is 2.12 bits per heavy atom. The molecule has 0 aliphatic carbocycles. The number of rotatable bonds is 5. The zero-order valence-electron chi connectivity index (χ0n) is 10.6. The summed E-state index contributed by atoms with van der Waals surface area (Å²) < 4.78 is 0. The summed E-state index contributed by atoms with van der Waals surface area (Å²) in [6.07, 6.45) is 0. The van der Waals surface area contributed by atoms with Crippen LogP contribution in [0.1, 0.15) is 37.3 Å². The van der Waals surface area contributed by atoms with Gasteiger partial charge in [-0.3, -0.25) is 0 Å². The van der Waals surface area contributed by atoms with Crippen molar-refractivity contribution in [3.05, 3.63) is 44.8 Å². The molecule has 0 aromatic carbocycles. The van der Waals surface area contributed by atoms with Gasteiger partial charge in [-0.2, -0.15) is 11.3 Å². The molecule has 2 heterocycles. The summed E-state index contributed by atoms with van der Waals surface area (Å²) in [5.41, 5.74) is 1.59. The highest BCUT2D eigenvalue weighted by Gasteiger charge is 2.22. The van der Waals surface area contributed by atoms with Crippen LogP contribution in [0.15, 0.2) is 34.3 Å². The second kappa shape index (κ2) is 5.34. The van der Waals surface area contributed by atoms with Crippen LogP contribution in [-0.4, -0.2) is 6.54 Å². The van der Waals surface area contributed by atoms with Crippen LogP contribution in [0.4, 0.5) is 0 Å². The standard InChI is InChI=1S/C14H19NS2/c1-11(12-6-8-16-9-12)15-10-14(2,3)13-5-4-7-17-13/h4-9,11,15H,10H2,1-3H3. The molecule has 1 N–H and O–H groups in total. The topological polar surface area (TPSA) is 12.0 Å². The maximum Gasteiger partial charge on any atom is 0.0300 e. The van der Waals surface area contributed by atoms with Crippen LogP contribution in [-0.2, 0) is 5.41 Å². The quantitative estimate of drug-likeness (QED) is 0.843. The van der Waals surface area contributed by atoms with Gasteiger partial charge in [-0.25, -0.2) is 0 Å². The van der Waals surface area contributed by atoms with E-state index in [1.54, 1.807) is 11.3 Å². The lowest BCUT2D eigenvalue weighted by Crippen LogP contribution is -2.33. The van der Waals surface area contributed by atoms with Crippen LogP contribution in [0.5, 0.6) is 0 Å². The lowest BCUT2D eigenvalue weighted by Gasteiger charge is -2.26. The third kappa shape index (κ3) is 3.18. The predicted octanol–water partition coefficient (Wildman–Crippen LogP) is 4.44. The Balaban J connectivity index is 1.94. The van der Waals surface area contributed by atoms with E-state index in [0.29, 0.717) is 6.04 Å². The van der Waals surface area contributed by atoms with Crippen molar-refractivity contribution in [3.63, 3.8) is 0 Å². The van der Waals surface area contributed by atoms with Crippen LogP contribution >= 0.6 is 22.7 Å². The molecule has 3 heteroatoms. The van der Waals surface area contributed by atoms with Crippen molar-refractivity contribution in [2.45, 2.75) is 32.2 Å². The Morgan fingerprint density at radius 3 is 2.71 bits per heavy atom. The molecule has 2 aromatic rings. The van der Waals surface area contributed by atoms with E-state index < -0.39 is 0 Å². The van der Waals surface area contributed by atoms with E-state index in [9.17, 15) is 0 Å².